The van der Waals surface area contributed by atoms with Crippen molar-refractivity contribution < 1.29 is 4.79 Å². The van der Waals surface area contributed by atoms with Gasteiger partial charge in [-0.3, -0.25) is 4.79 Å². The second kappa shape index (κ2) is 6.03. The standard InChI is InChI=1S/C17H17ClO/c1-3-12-5-10-16(11-13(12)4-2)14-6-8-15(9-7-14)17(18)19/h5-11H,3-4H2,1-2H3. The van der Waals surface area contributed by atoms with Gasteiger partial charge in [-0.2, -0.15) is 0 Å². The molecule has 19 heavy (non-hydrogen) atoms. The summed E-state index contributed by atoms with van der Waals surface area (Å²) in [5.74, 6) is 0. The van der Waals surface area contributed by atoms with Gasteiger partial charge in [-0.25, -0.2) is 0 Å². The van der Waals surface area contributed by atoms with Gasteiger partial charge in [0.1, 0.15) is 0 Å². The second-order valence-electron chi connectivity index (χ2n) is 4.54. The first-order valence-electron chi connectivity index (χ1n) is 6.57. The zero-order valence-corrected chi connectivity index (χ0v) is 12.0. The van der Waals surface area contributed by atoms with Gasteiger partial charge in [-0.1, -0.05) is 44.2 Å². The van der Waals surface area contributed by atoms with Gasteiger partial charge < -0.3 is 0 Å². The van der Waals surface area contributed by atoms with Crippen LogP contribution < -0.4 is 0 Å². The molecular formula is C17H17ClO. The fourth-order valence-electron chi connectivity index (χ4n) is 2.27. The van der Waals surface area contributed by atoms with Crippen molar-refractivity contribution in [3.63, 3.8) is 0 Å². The molecule has 0 aliphatic rings. The van der Waals surface area contributed by atoms with E-state index in [2.05, 4.69) is 32.0 Å². The summed E-state index contributed by atoms with van der Waals surface area (Å²) < 4.78 is 0. The van der Waals surface area contributed by atoms with Crippen LogP contribution in [-0.4, -0.2) is 5.24 Å². The molecule has 0 spiro atoms. The highest BCUT2D eigenvalue weighted by molar-refractivity contribution is 6.67. The molecule has 0 fully saturated rings. The molecule has 0 amide bonds. The zero-order valence-electron chi connectivity index (χ0n) is 11.2. The minimum absolute atomic E-state index is 0.415. The minimum Gasteiger partial charge on any atom is -0.276 e. The van der Waals surface area contributed by atoms with Crippen LogP contribution in [0, 0.1) is 0 Å². The molecule has 2 aromatic carbocycles. The molecule has 0 saturated carbocycles. The molecule has 0 radical (unpaired) electrons. The smallest absolute Gasteiger partial charge is 0.252 e. The molecule has 0 heterocycles. The predicted molar refractivity (Wildman–Crippen MR) is 80.8 cm³/mol. The Hall–Kier alpha value is -1.60. The van der Waals surface area contributed by atoms with Crippen molar-refractivity contribution in [1.29, 1.82) is 0 Å². The molecule has 0 saturated heterocycles. The average molecular weight is 273 g/mol. The topological polar surface area (TPSA) is 17.1 Å². The highest BCUT2D eigenvalue weighted by Gasteiger charge is 2.05. The van der Waals surface area contributed by atoms with E-state index in [9.17, 15) is 4.79 Å². The van der Waals surface area contributed by atoms with Gasteiger partial charge in [0.15, 0.2) is 0 Å². The van der Waals surface area contributed by atoms with E-state index in [1.165, 1.54) is 16.7 Å². The number of hydrogen-bond acceptors (Lipinski definition) is 1. The van der Waals surface area contributed by atoms with Gasteiger partial charge in [0.25, 0.3) is 5.24 Å². The lowest BCUT2D eigenvalue weighted by atomic mass is 9.96. The Bertz CT molecular complexity index is 585. The van der Waals surface area contributed by atoms with Crippen molar-refractivity contribution in [3.05, 3.63) is 59.2 Å². The lowest BCUT2D eigenvalue weighted by Gasteiger charge is -2.09. The van der Waals surface area contributed by atoms with Crippen LogP contribution in [0.5, 0.6) is 0 Å². The van der Waals surface area contributed by atoms with Gasteiger partial charge in [0.2, 0.25) is 0 Å². The third kappa shape index (κ3) is 3.05. The summed E-state index contributed by atoms with van der Waals surface area (Å²) in [7, 11) is 0. The molecule has 2 heteroatoms. The number of carbonyl (C=O) groups is 1. The van der Waals surface area contributed by atoms with E-state index in [1.807, 2.05) is 12.1 Å². The van der Waals surface area contributed by atoms with Crippen LogP contribution in [0.1, 0.15) is 35.3 Å². The number of carbonyl (C=O) groups excluding carboxylic acids is 1. The Labute approximate surface area is 119 Å². The van der Waals surface area contributed by atoms with E-state index in [-0.39, 0.29) is 0 Å². The molecular weight excluding hydrogens is 256 g/mol. The number of halogens is 1. The number of benzene rings is 2. The Morgan fingerprint density at radius 3 is 2.00 bits per heavy atom. The van der Waals surface area contributed by atoms with Crippen LogP contribution in [0.15, 0.2) is 42.5 Å². The Balaban J connectivity index is 2.38. The number of aryl methyl sites for hydroxylation is 2. The highest BCUT2D eigenvalue weighted by atomic mass is 35.5. The summed E-state index contributed by atoms with van der Waals surface area (Å²) >= 11 is 5.45. The van der Waals surface area contributed by atoms with Gasteiger partial charge in [0.05, 0.1) is 0 Å². The minimum atomic E-state index is -0.415. The third-order valence-corrected chi connectivity index (χ3v) is 3.63. The molecule has 2 rings (SSSR count). The summed E-state index contributed by atoms with van der Waals surface area (Å²) in [6, 6.07) is 14.0. The van der Waals surface area contributed by atoms with Crippen LogP contribution in [-0.2, 0) is 12.8 Å². The summed E-state index contributed by atoms with van der Waals surface area (Å²) in [6.45, 7) is 4.35. The van der Waals surface area contributed by atoms with Crippen molar-refractivity contribution >= 4 is 16.8 Å². The normalized spacial score (nSPS) is 10.5. The van der Waals surface area contributed by atoms with Crippen LogP contribution in [0.3, 0.4) is 0 Å². The molecule has 98 valence electrons. The van der Waals surface area contributed by atoms with Gasteiger partial charge in [-0.15, -0.1) is 0 Å². The summed E-state index contributed by atoms with van der Waals surface area (Å²) in [5, 5.41) is -0.415. The molecule has 1 nitrogen and oxygen atoms in total. The molecule has 0 N–H and O–H groups in total. The van der Waals surface area contributed by atoms with E-state index in [4.69, 9.17) is 11.6 Å². The maximum Gasteiger partial charge on any atom is 0.252 e. The fourth-order valence-corrected chi connectivity index (χ4v) is 2.40. The molecule has 0 bridgehead atoms. The quantitative estimate of drug-likeness (QED) is 0.727. The SMILES string of the molecule is CCc1ccc(-c2ccc(C(=O)Cl)cc2)cc1CC. The maximum atomic E-state index is 11.0. The molecule has 0 aliphatic heterocycles. The third-order valence-electron chi connectivity index (χ3n) is 3.41. The monoisotopic (exact) mass is 272 g/mol. The summed E-state index contributed by atoms with van der Waals surface area (Å²) in [6.07, 6.45) is 2.10. The summed E-state index contributed by atoms with van der Waals surface area (Å²) in [4.78, 5) is 11.0. The summed E-state index contributed by atoms with van der Waals surface area (Å²) in [5.41, 5.74) is 5.62. The van der Waals surface area contributed by atoms with Gasteiger partial charge in [0, 0.05) is 5.56 Å². The number of hydrogen-bond donors (Lipinski definition) is 0. The van der Waals surface area contributed by atoms with E-state index in [1.54, 1.807) is 12.1 Å². The van der Waals surface area contributed by atoms with Crippen molar-refractivity contribution in [2.24, 2.45) is 0 Å². The van der Waals surface area contributed by atoms with Crippen molar-refractivity contribution in [2.45, 2.75) is 26.7 Å². The van der Waals surface area contributed by atoms with E-state index in [0.717, 1.165) is 18.4 Å². The first-order valence-corrected chi connectivity index (χ1v) is 6.95. The average Bonchev–Trinajstić information content (AvgIpc) is 2.46. The fraction of sp³-hybridized carbons (Fsp3) is 0.235. The zero-order chi connectivity index (χ0) is 13.8. The second-order valence-corrected chi connectivity index (χ2v) is 4.88. The van der Waals surface area contributed by atoms with Crippen LogP contribution in [0.2, 0.25) is 0 Å². The Morgan fingerprint density at radius 2 is 1.47 bits per heavy atom. The van der Waals surface area contributed by atoms with Crippen molar-refractivity contribution in [1.82, 2.24) is 0 Å². The largest absolute Gasteiger partial charge is 0.276 e. The van der Waals surface area contributed by atoms with Crippen LogP contribution in [0.25, 0.3) is 11.1 Å². The molecule has 0 atom stereocenters. The highest BCUT2D eigenvalue weighted by Crippen LogP contribution is 2.24. The van der Waals surface area contributed by atoms with E-state index >= 15 is 0 Å². The molecule has 0 unspecified atom stereocenters. The van der Waals surface area contributed by atoms with Crippen molar-refractivity contribution in [3.8, 4) is 11.1 Å². The van der Waals surface area contributed by atoms with E-state index in [0.29, 0.717) is 5.56 Å². The van der Waals surface area contributed by atoms with Crippen LogP contribution in [0.4, 0.5) is 0 Å². The number of rotatable bonds is 4. The Kier molecular flexibility index (Phi) is 4.39. The lowest BCUT2D eigenvalue weighted by Crippen LogP contribution is -1.92. The lowest BCUT2D eigenvalue weighted by molar-refractivity contribution is 0.108. The van der Waals surface area contributed by atoms with Gasteiger partial charge >= 0.3 is 0 Å². The predicted octanol–water partition coefficient (Wildman–Crippen LogP) is 4.86. The van der Waals surface area contributed by atoms with E-state index < -0.39 is 5.24 Å². The first-order chi connectivity index (χ1) is 9.15. The molecule has 0 aromatic heterocycles. The first kappa shape index (κ1) is 13.8. The van der Waals surface area contributed by atoms with Crippen LogP contribution >= 0.6 is 11.6 Å². The van der Waals surface area contributed by atoms with Gasteiger partial charge in [-0.05, 0) is 58.8 Å². The molecule has 2 aromatic rings. The molecule has 0 aliphatic carbocycles. The Morgan fingerprint density at radius 1 is 0.895 bits per heavy atom. The maximum absolute atomic E-state index is 11.0. The van der Waals surface area contributed by atoms with Crippen molar-refractivity contribution in [2.75, 3.05) is 0 Å².